The van der Waals surface area contributed by atoms with E-state index in [0.717, 1.165) is 28.0 Å². The molecule has 10 heteroatoms. The molecule has 8 nitrogen and oxygen atoms in total. The van der Waals surface area contributed by atoms with Crippen molar-refractivity contribution in [2.75, 3.05) is 24.6 Å². The second kappa shape index (κ2) is 6.69. The van der Waals surface area contributed by atoms with Gasteiger partial charge in [-0.25, -0.2) is 19.0 Å². The van der Waals surface area contributed by atoms with Crippen LogP contribution in [-0.2, 0) is 11.2 Å². The second-order valence-corrected chi connectivity index (χ2v) is 9.81. The van der Waals surface area contributed by atoms with Crippen molar-refractivity contribution in [1.29, 1.82) is 0 Å². The molecule has 5 rings (SSSR count). The molecule has 2 fully saturated rings. The number of carbonyl (C=O) groups excluding carboxylic acids is 2. The molecule has 1 aromatic heterocycles. The first-order valence-electron chi connectivity index (χ1n) is 9.98. The molecule has 0 saturated carbocycles. The Kier molecular flexibility index (Phi) is 4.32. The number of carbonyl (C=O) groups is 2. The summed E-state index contributed by atoms with van der Waals surface area (Å²) in [5, 5.41) is 3.23. The van der Waals surface area contributed by atoms with Crippen LogP contribution in [0.3, 0.4) is 0 Å². The third-order valence-corrected chi connectivity index (χ3v) is 6.55. The molecule has 0 radical (unpaired) electrons. The van der Waals surface area contributed by atoms with Crippen molar-refractivity contribution in [3.05, 3.63) is 17.7 Å². The summed E-state index contributed by atoms with van der Waals surface area (Å²) in [5.74, 6) is 0.820. The topological polar surface area (TPSA) is 84.0 Å². The van der Waals surface area contributed by atoms with Crippen molar-refractivity contribution in [2.24, 2.45) is 0 Å². The summed E-state index contributed by atoms with van der Waals surface area (Å²) in [5.41, 5.74) is 1.17. The fraction of sp³-hybridized carbons (Fsp3) is 0.550. The summed E-state index contributed by atoms with van der Waals surface area (Å²) < 4.78 is 26.9. The first-order valence-corrected chi connectivity index (χ1v) is 10.8. The van der Waals surface area contributed by atoms with Crippen LogP contribution in [-0.4, -0.2) is 65.6 Å². The molecule has 2 aromatic rings. The van der Waals surface area contributed by atoms with Gasteiger partial charge in [0.25, 0.3) is 0 Å². The van der Waals surface area contributed by atoms with Crippen LogP contribution in [0.4, 0.5) is 19.1 Å². The minimum Gasteiger partial charge on any atom is -0.493 e. The summed E-state index contributed by atoms with van der Waals surface area (Å²) in [7, 11) is 0. The van der Waals surface area contributed by atoms with Gasteiger partial charge >= 0.3 is 12.1 Å². The van der Waals surface area contributed by atoms with E-state index in [0.29, 0.717) is 11.7 Å². The average Bonchev–Trinajstić information content (AvgIpc) is 3.34. The summed E-state index contributed by atoms with van der Waals surface area (Å²) in [6.07, 6.45) is -1.20. The lowest BCUT2D eigenvalue weighted by atomic mass is 9.99. The van der Waals surface area contributed by atoms with E-state index in [1.807, 2.05) is 12.1 Å². The molecule has 160 valence electrons. The quantitative estimate of drug-likeness (QED) is 0.746. The fourth-order valence-corrected chi connectivity index (χ4v) is 5.29. The third kappa shape index (κ3) is 3.13. The maximum absolute atomic E-state index is 14.9. The van der Waals surface area contributed by atoms with E-state index in [1.165, 1.54) is 21.1 Å². The predicted octanol–water partition coefficient (Wildman–Crippen LogP) is 3.09. The van der Waals surface area contributed by atoms with Crippen LogP contribution in [0.25, 0.3) is 10.2 Å². The number of benzene rings is 1. The van der Waals surface area contributed by atoms with Crippen LogP contribution in [0.15, 0.2) is 12.1 Å². The summed E-state index contributed by atoms with van der Waals surface area (Å²) in [6, 6.07) is 2.20. The van der Waals surface area contributed by atoms with Crippen LogP contribution < -0.4 is 15.0 Å². The molecule has 30 heavy (non-hydrogen) atoms. The Hall–Kier alpha value is -2.62. The fourth-order valence-electron chi connectivity index (χ4n) is 4.24. The van der Waals surface area contributed by atoms with Crippen molar-refractivity contribution >= 4 is 38.8 Å². The highest BCUT2D eigenvalue weighted by molar-refractivity contribution is 7.22. The highest BCUT2D eigenvalue weighted by atomic mass is 32.1. The van der Waals surface area contributed by atoms with Crippen LogP contribution in [0, 0.1) is 0 Å². The van der Waals surface area contributed by atoms with Gasteiger partial charge in [0.15, 0.2) is 5.13 Å². The van der Waals surface area contributed by atoms with Gasteiger partial charge in [0.05, 0.1) is 35.5 Å². The zero-order chi connectivity index (χ0) is 21.2. The van der Waals surface area contributed by atoms with Gasteiger partial charge in [0, 0.05) is 18.5 Å². The lowest BCUT2D eigenvalue weighted by Gasteiger charge is -2.38. The number of nitrogens with one attached hydrogen (secondary N) is 1. The molecule has 3 atom stereocenters. The van der Waals surface area contributed by atoms with Crippen molar-refractivity contribution in [1.82, 2.24) is 15.2 Å². The number of rotatable bonds is 1. The van der Waals surface area contributed by atoms with Crippen molar-refractivity contribution < 1.29 is 23.5 Å². The number of thiazole rings is 1. The molecule has 3 aliphatic heterocycles. The first kappa shape index (κ1) is 19.3. The lowest BCUT2D eigenvalue weighted by molar-refractivity contribution is 0.00907. The number of ether oxygens (including phenoxy) is 2. The summed E-state index contributed by atoms with van der Waals surface area (Å²) in [4.78, 5) is 32.8. The van der Waals surface area contributed by atoms with E-state index >= 15 is 0 Å². The molecule has 1 N–H and O–H groups in total. The van der Waals surface area contributed by atoms with Crippen molar-refractivity contribution in [2.45, 2.75) is 51.0 Å². The van der Waals surface area contributed by atoms with Gasteiger partial charge in [-0.05, 0) is 32.9 Å². The second-order valence-electron chi connectivity index (χ2n) is 8.80. The van der Waals surface area contributed by atoms with Crippen LogP contribution >= 0.6 is 11.3 Å². The number of amides is 3. The molecular formula is C20H23FN4O4S. The van der Waals surface area contributed by atoms with Gasteiger partial charge in [-0.15, -0.1) is 0 Å². The van der Waals surface area contributed by atoms with Crippen LogP contribution in [0.2, 0.25) is 0 Å². The average molecular weight is 434 g/mol. The first-order chi connectivity index (χ1) is 14.2. The molecule has 3 amide bonds. The Morgan fingerprint density at radius 1 is 1.37 bits per heavy atom. The van der Waals surface area contributed by atoms with E-state index in [-0.39, 0.29) is 13.1 Å². The van der Waals surface area contributed by atoms with E-state index in [9.17, 15) is 14.0 Å². The standard InChI is InChI=1S/C20H23FN4O4S/c1-20(2,3)29-19(27)24-8-11(21)16-12(9-24)25(17(26)22-16)18-23-15-10-6-7-28-13(10)4-5-14(15)30-18/h4-5,11-12,16H,6-9H2,1-3H3,(H,22,26)/t11-,12-,16+/m1/s1. The molecule has 2 saturated heterocycles. The number of likely N-dealkylation sites (tertiary alicyclic amines) is 1. The smallest absolute Gasteiger partial charge is 0.410 e. The maximum atomic E-state index is 14.9. The van der Waals surface area contributed by atoms with Gasteiger partial charge in [-0.1, -0.05) is 11.3 Å². The molecule has 0 aliphatic carbocycles. The van der Waals surface area contributed by atoms with Crippen LogP contribution in [0.5, 0.6) is 5.75 Å². The number of anilines is 1. The normalized spacial score (nSPS) is 25.7. The lowest BCUT2D eigenvalue weighted by Crippen LogP contribution is -2.59. The van der Waals surface area contributed by atoms with E-state index in [4.69, 9.17) is 14.5 Å². The highest BCUT2D eigenvalue weighted by Crippen LogP contribution is 2.40. The van der Waals surface area contributed by atoms with E-state index in [2.05, 4.69) is 5.32 Å². The molecular weight excluding hydrogens is 411 g/mol. The number of hydrogen-bond acceptors (Lipinski definition) is 6. The Morgan fingerprint density at radius 3 is 2.93 bits per heavy atom. The highest BCUT2D eigenvalue weighted by Gasteiger charge is 2.51. The number of alkyl halides is 1. The van der Waals surface area contributed by atoms with E-state index in [1.54, 1.807) is 20.8 Å². The third-order valence-electron chi connectivity index (χ3n) is 5.53. The Balaban J connectivity index is 1.46. The molecule has 0 spiro atoms. The van der Waals surface area contributed by atoms with Gasteiger partial charge in [0.2, 0.25) is 0 Å². The Morgan fingerprint density at radius 2 is 2.17 bits per heavy atom. The maximum Gasteiger partial charge on any atom is 0.410 e. The summed E-state index contributed by atoms with van der Waals surface area (Å²) >= 11 is 1.38. The monoisotopic (exact) mass is 434 g/mol. The SMILES string of the molecule is CC(C)(C)OC(=O)N1C[C@@H](F)[C@@H]2NC(=O)N(c3nc4c5c(ccc4s3)OCC5)[C@@H]2C1. The molecule has 4 heterocycles. The number of nitrogens with zero attached hydrogens (tertiary/aromatic N) is 3. The molecule has 3 aliphatic rings. The summed E-state index contributed by atoms with van der Waals surface area (Å²) in [6.45, 7) is 5.97. The minimum absolute atomic E-state index is 0.116. The Bertz CT molecular complexity index is 1040. The van der Waals surface area contributed by atoms with Gasteiger partial charge < -0.3 is 19.7 Å². The zero-order valence-electron chi connectivity index (χ0n) is 17.0. The molecule has 0 bridgehead atoms. The Labute approximate surface area is 176 Å². The number of fused-ring (bicyclic) bond motifs is 4. The number of halogens is 1. The number of hydrogen-bond donors (Lipinski definition) is 1. The van der Waals surface area contributed by atoms with Gasteiger partial charge in [0.1, 0.15) is 17.5 Å². The molecule has 0 unspecified atom stereocenters. The van der Waals surface area contributed by atoms with Gasteiger partial charge in [-0.2, -0.15) is 0 Å². The number of aromatic nitrogens is 1. The van der Waals surface area contributed by atoms with Crippen molar-refractivity contribution in [3.63, 3.8) is 0 Å². The molecule has 1 aromatic carbocycles. The van der Waals surface area contributed by atoms with Gasteiger partial charge in [-0.3, -0.25) is 4.90 Å². The van der Waals surface area contributed by atoms with Crippen LogP contribution in [0.1, 0.15) is 26.3 Å². The minimum atomic E-state index is -1.39. The largest absolute Gasteiger partial charge is 0.493 e. The predicted molar refractivity (Wildman–Crippen MR) is 110 cm³/mol. The van der Waals surface area contributed by atoms with Crippen molar-refractivity contribution in [3.8, 4) is 5.75 Å². The number of piperidine rings is 1. The zero-order valence-corrected chi connectivity index (χ0v) is 17.8. The number of urea groups is 1. The van der Waals surface area contributed by atoms with E-state index < -0.39 is 36.0 Å².